The van der Waals surface area contributed by atoms with Crippen molar-refractivity contribution >= 4 is 40.6 Å². The quantitative estimate of drug-likeness (QED) is 0.186. The van der Waals surface area contributed by atoms with Gasteiger partial charge in [0, 0.05) is 19.1 Å². The van der Waals surface area contributed by atoms with Crippen molar-refractivity contribution in [3.05, 3.63) is 16.7 Å². The van der Waals surface area contributed by atoms with Crippen molar-refractivity contribution in [1.29, 1.82) is 0 Å². The summed E-state index contributed by atoms with van der Waals surface area (Å²) >= 11 is 0. The van der Waals surface area contributed by atoms with E-state index in [0.29, 0.717) is 0 Å². The number of aliphatic hydroxyl groups is 1. The average molecular weight is 493 g/mol. The highest BCUT2D eigenvalue weighted by atomic mass is 31.3. The first kappa shape index (κ1) is 24.8. The van der Waals surface area contributed by atoms with Crippen LogP contribution in [0, 0.1) is 5.92 Å². The Balaban J connectivity index is 1.98. The number of aromatic nitrogens is 4. The molecule has 0 saturated carbocycles. The molecular formula is C10H18N5O12P3. The number of nitrogen functional groups attached to an aromatic ring is 1. The Kier molecular flexibility index (Phi) is 7.72. The molecule has 0 saturated heterocycles. The zero-order chi connectivity index (χ0) is 22.7. The lowest BCUT2D eigenvalue weighted by Gasteiger charge is -2.18. The van der Waals surface area contributed by atoms with Crippen LogP contribution in [0.2, 0.25) is 0 Å². The molecule has 0 fully saturated rings. The van der Waals surface area contributed by atoms with Crippen molar-refractivity contribution < 1.29 is 51.5 Å². The number of hydrogen-bond donors (Lipinski definition) is 7. The summed E-state index contributed by atoms with van der Waals surface area (Å²) in [7, 11) is -16.3. The van der Waals surface area contributed by atoms with Crippen molar-refractivity contribution in [3.63, 3.8) is 0 Å². The van der Waals surface area contributed by atoms with E-state index in [2.05, 4.69) is 28.1 Å². The number of aromatic amines is 1. The monoisotopic (exact) mass is 493 g/mol. The number of fused-ring (bicyclic) bond motifs is 1. The molecule has 0 spiro atoms. The summed E-state index contributed by atoms with van der Waals surface area (Å²) in [6, 6.07) is 0. The molecule has 0 aliphatic carbocycles. The average Bonchev–Trinajstić information content (AvgIpc) is 2.93. The number of phosphoric acid groups is 3. The Morgan fingerprint density at radius 2 is 1.83 bits per heavy atom. The second kappa shape index (κ2) is 9.34. The summed E-state index contributed by atoms with van der Waals surface area (Å²) in [6.07, 6.45) is 1.19. The van der Waals surface area contributed by atoms with Gasteiger partial charge < -0.3 is 35.0 Å². The summed E-state index contributed by atoms with van der Waals surface area (Å²) in [5.41, 5.74) is 5.06. The van der Waals surface area contributed by atoms with Crippen molar-refractivity contribution in [2.75, 3.05) is 18.9 Å². The van der Waals surface area contributed by atoms with Gasteiger partial charge in [0.05, 0.1) is 12.9 Å². The normalized spacial score (nSPS) is 17.5. The van der Waals surface area contributed by atoms with Crippen LogP contribution in [-0.2, 0) is 33.4 Å². The topological polar surface area (TPSA) is 270 Å². The number of nitrogens with zero attached hydrogens (tertiary/aromatic N) is 3. The van der Waals surface area contributed by atoms with E-state index in [0.717, 1.165) is 0 Å². The van der Waals surface area contributed by atoms with Crippen molar-refractivity contribution in [1.82, 2.24) is 19.5 Å². The maximum atomic E-state index is 11.8. The zero-order valence-electron chi connectivity index (χ0n) is 14.8. The molecule has 3 atom stereocenters. The van der Waals surface area contributed by atoms with Gasteiger partial charge in [-0.1, -0.05) is 0 Å². The summed E-state index contributed by atoms with van der Waals surface area (Å²) in [5, 5.41) is 9.49. The minimum atomic E-state index is -5.61. The van der Waals surface area contributed by atoms with Crippen molar-refractivity contribution in [2.45, 2.75) is 13.0 Å². The molecule has 3 unspecified atom stereocenters. The van der Waals surface area contributed by atoms with Gasteiger partial charge in [-0.15, -0.1) is 0 Å². The van der Waals surface area contributed by atoms with E-state index in [4.69, 9.17) is 20.4 Å². The minimum absolute atomic E-state index is 0.00848. The van der Waals surface area contributed by atoms with Gasteiger partial charge in [-0.3, -0.25) is 14.3 Å². The lowest BCUT2D eigenvalue weighted by Crippen LogP contribution is -2.18. The number of imidazole rings is 1. The van der Waals surface area contributed by atoms with Gasteiger partial charge in [0.1, 0.15) is 0 Å². The molecule has 30 heavy (non-hydrogen) atoms. The van der Waals surface area contributed by atoms with Crippen LogP contribution in [-0.4, -0.2) is 57.4 Å². The SMILES string of the molecule is Nc1nc2c(ncn2CC(CO)CCOP(=O)(O)OP(=O)(O)OP(=O)(O)O)c(=O)[nH]1. The van der Waals surface area contributed by atoms with Gasteiger partial charge in [-0.25, -0.2) is 18.7 Å². The van der Waals surface area contributed by atoms with E-state index in [-0.39, 0.29) is 30.1 Å². The standard InChI is InChI=1S/C10H18N5O12P3/c11-10-13-8-7(9(17)14-10)12-5-15(8)3-6(4-16)1-2-25-29(21,22)27-30(23,24)26-28(18,19)20/h5-6,16H,1-4H2,(H,21,22)(H,23,24)(H2,18,19,20)(H3,11,13,14,17). The van der Waals surface area contributed by atoms with E-state index in [9.17, 15) is 28.5 Å². The molecule has 2 rings (SSSR count). The molecule has 0 aliphatic rings. The van der Waals surface area contributed by atoms with Gasteiger partial charge >= 0.3 is 23.5 Å². The van der Waals surface area contributed by atoms with E-state index >= 15 is 0 Å². The summed E-state index contributed by atoms with van der Waals surface area (Å²) < 4.78 is 46.5. The number of rotatable bonds is 11. The molecule has 8 N–H and O–H groups in total. The number of nitrogens with two attached hydrogens (primary N) is 1. The van der Waals surface area contributed by atoms with Crippen LogP contribution in [0.15, 0.2) is 11.1 Å². The number of nitrogens with one attached hydrogen (secondary N) is 1. The fourth-order valence-corrected chi connectivity index (χ4v) is 5.29. The van der Waals surface area contributed by atoms with Crippen molar-refractivity contribution in [2.24, 2.45) is 5.92 Å². The Morgan fingerprint density at radius 3 is 2.43 bits per heavy atom. The Hall–Kier alpha value is -1.48. The highest BCUT2D eigenvalue weighted by molar-refractivity contribution is 7.66. The zero-order valence-corrected chi connectivity index (χ0v) is 17.5. The Morgan fingerprint density at radius 1 is 1.17 bits per heavy atom. The van der Waals surface area contributed by atoms with E-state index in [1.54, 1.807) is 0 Å². The highest BCUT2D eigenvalue weighted by Crippen LogP contribution is 2.66. The summed E-state index contributed by atoms with van der Waals surface area (Å²) in [5.74, 6) is -0.764. The van der Waals surface area contributed by atoms with Crippen LogP contribution in [0.4, 0.5) is 5.95 Å². The summed E-state index contributed by atoms with van der Waals surface area (Å²) in [4.78, 5) is 57.2. The number of aliphatic hydroxyl groups excluding tert-OH is 1. The van der Waals surface area contributed by atoms with Gasteiger partial charge in [0.25, 0.3) is 5.56 Å². The maximum Gasteiger partial charge on any atom is 0.490 e. The fraction of sp³-hybridized carbons (Fsp3) is 0.500. The van der Waals surface area contributed by atoms with E-state index in [1.165, 1.54) is 10.9 Å². The second-order valence-electron chi connectivity index (χ2n) is 5.78. The third kappa shape index (κ3) is 7.34. The van der Waals surface area contributed by atoms with Crippen LogP contribution in [0.1, 0.15) is 6.42 Å². The van der Waals surface area contributed by atoms with Gasteiger partial charge in [-0.05, 0) is 6.42 Å². The third-order valence-electron chi connectivity index (χ3n) is 3.40. The first-order valence-electron chi connectivity index (χ1n) is 7.81. The van der Waals surface area contributed by atoms with Gasteiger partial charge in [0.15, 0.2) is 11.2 Å². The molecular weight excluding hydrogens is 475 g/mol. The predicted octanol–water partition coefficient (Wildman–Crippen LogP) is -0.956. The summed E-state index contributed by atoms with van der Waals surface area (Å²) in [6.45, 7) is -0.960. The lowest BCUT2D eigenvalue weighted by atomic mass is 10.1. The number of hydrogen-bond acceptors (Lipinski definition) is 11. The van der Waals surface area contributed by atoms with Crippen molar-refractivity contribution in [3.8, 4) is 0 Å². The Labute approximate surface area is 166 Å². The second-order valence-corrected chi connectivity index (χ2v) is 10.2. The first-order valence-corrected chi connectivity index (χ1v) is 12.3. The van der Waals surface area contributed by atoms with Crippen LogP contribution < -0.4 is 11.3 Å². The first-order chi connectivity index (χ1) is 13.7. The molecule has 0 aliphatic heterocycles. The van der Waals surface area contributed by atoms with E-state index < -0.39 is 48.2 Å². The van der Waals surface area contributed by atoms with Gasteiger partial charge in [0.2, 0.25) is 5.95 Å². The molecule has 20 heteroatoms. The largest absolute Gasteiger partial charge is 0.490 e. The Bertz CT molecular complexity index is 1090. The van der Waals surface area contributed by atoms with Crippen LogP contribution in [0.5, 0.6) is 0 Å². The molecule has 2 aromatic rings. The molecule has 0 amide bonds. The third-order valence-corrected chi connectivity index (χ3v) is 7.24. The molecule has 170 valence electrons. The minimum Gasteiger partial charge on any atom is -0.396 e. The molecule has 2 heterocycles. The fourth-order valence-electron chi connectivity index (χ4n) is 2.26. The van der Waals surface area contributed by atoms with Crippen LogP contribution in [0.3, 0.4) is 0 Å². The van der Waals surface area contributed by atoms with E-state index in [1.807, 2.05) is 0 Å². The molecule has 0 bridgehead atoms. The predicted molar refractivity (Wildman–Crippen MR) is 97.6 cm³/mol. The molecule has 0 aromatic carbocycles. The number of H-pyrrole nitrogens is 1. The molecule has 0 radical (unpaired) electrons. The lowest BCUT2D eigenvalue weighted by molar-refractivity contribution is 0.144. The van der Waals surface area contributed by atoms with Crippen LogP contribution in [0.25, 0.3) is 11.2 Å². The number of anilines is 1. The molecule has 2 aromatic heterocycles. The highest BCUT2D eigenvalue weighted by Gasteiger charge is 2.40. The number of phosphoric ester groups is 1. The smallest absolute Gasteiger partial charge is 0.396 e. The van der Waals surface area contributed by atoms with Crippen LogP contribution >= 0.6 is 23.5 Å². The van der Waals surface area contributed by atoms with Gasteiger partial charge in [-0.2, -0.15) is 13.6 Å². The molecule has 17 nitrogen and oxygen atoms in total. The maximum absolute atomic E-state index is 11.8.